The standard InChI is InChI=1S/C13H15Cl2N5/c1-3-20(4-2)13-18-11(8-16-19-13)17-10-7-5-6-9(14)12(10)15/h5-8H,3-4H2,1-2H3,(H,17,18,19). The third-order valence-electron chi connectivity index (χ3n) is 2.81. The van der Waals surface area contributed by atoms with Crippen LogP contribution in [0.1, 0.15) is 13.8 Å². The van der Waals surface area contributed by atoms with Gasteiger partial charge in [-0.05, 0) is 26.0 Å². The zero-order valence-corrected chi connectivity index (χ0v) is 12.8. The number of hydrogen-bond acceptors (Lipinski definition) is 5. The lowest BCUT2D eigenvalue weighted by atomic mass is 10.3. The third-order valence-corrected chi connectivity index (χ3v) is 3.63. The van der Waals surface area contributed by atoms with Crippen LogP contribution in [0.2, 0.25) is 10.0 Å². The Bertz CT molecular complexity index is 587. The third kappa shape index (κ3) is 3.29. The smallest absolute Gasteiger partial charge is 0.247 e. The van der Waals surface area contributed by atoms with Gasteiger partial charge in [0.15, 0.2) is 5.82 Å². The van der Waals surface area contributed by atoms with Crippen LogP contribution in [0.3, 0.4) is 0 Å². The van der Waals surface area contributed by atoms with Crippen LogP contribution in [0.5, 0.6) is 0 Å². The van der Waals surface area contributed by atoms with Gasteiger partial charge in [-0.3, -0.25) is 0 Å². The number of hydrogen-bond donors (Lipinski definition) is 1. The first-order chi connectivity index (χ1) is 9.65. The van der Waals surface area contributed by atoms with Crippen molar-refractivity contribution >= 4 is 40.7 Å². The van der Waals surface area contributed by atoms with E-state index in [1.807, 2.05) is 30.9 Å². The van der Waals surface area contributed by atoms with E-state index in [9.17, 15) is 0 Å². The number of nitrogens with zero attached hydrogens (tertiary/aromatic N) is 4. The van der Waals surface area contributed by atoms with Crippen molar-refractivity contribution in [3.8, 4) is 0 Å². The summed E-state index contributed by atoms with van der Waals surface area (Å²) in [7, 11) is 0. The summed E-state index contributed by atoms with van der Waals surface area (Å²) in [5, 5.41) is 12.0. The highest BCUT2D eigenvalue weighted by Crippen LogP contribution is 2.31. The van der Waals surface area contributed by atoms with E-state index in [1.165, 1.54) is 0 Å². The Morgan fingerprint density at radius 1 is 1.20 bits per heavy atom. The first kappa shape index (κ1) is 14.8. The van der Waals surface area contributed by atoms with Crippen molar-refractivity contribution in [2.24, 2.45) is 0 Å². The summed E-state index contributed by atoms with van der Waals surface area (Å²) in [4.78, 5) is 6.43. The van der Waals surface area contributed by atoms with Crippen LogP contribution < -0.4 is 10.2 Å². The molecule has 0 spiro atoms. The molecule has 0 aliphatic carbocycles. The fourth-order valence-electron chi connectivity index (χ4n) is 1.73. The average molecular weight is 312 g/mol. The van der Waals surface area contributed by atoms with Gasteiger partial charge in [0.1, 0.15) is 0 Å². The molecular weight excluding hydrogens is 297 g/mol. The van der Waals surface area contributed by atoms with Crippen molar-refractivity contribution in [2.75, 3.05) is 23.3 Å². The zero-order chi connectivity index (χ0) is 14.5. The Balaban J connectivity index is 2.26. The van der Waals surface area contributed by atoms with E-state index in [0.717, 1.165) is 13.1 Å². The van der Waals surface area contributed by atoms with E-state index in [1.54, 1.807) is 12.3 Å². The fraction of sp³-hybridized carbons (Fsp3) is 0.308. The molecule has 0 amide bonds. The highest BCUT2D eigenvalue weighted by Gasteiger charge is 2.09. The normalized spacial score (nSPS) is 10.4. The first-order valence-electron chi connectivity index (χ1n) is 6.31. The molecule has 0 aliphatic heterocycles. The fourth-order valence-corrected chi connectivity index (χ4v) is 2.08. The van der Waals surface area contributed by atoms with Gasteiger partial charge in [-0.1, -0.05) is 29.3 Å². The van der Waals surface area contributed by atoms with Crippen LogP contribution in [-0.4, -0.2) is 28.3 Å². The van der Waals surface area contributed by atoms with E-state index < -0.39 is 0 Å². The summed E-state index contributed by atoms with van der Waals surface area (Å²) >= 11 is 12.1. The predicted molar refractivity (Wildman–Crippen MR) is 83.1 cm³/mol. The van der Waals surface area contributed by atoms with Crippen LogP contribution >= 0.6 is 23.2 Å². The molecule has 0 aliphatic rings. The van der Waals surface area contributed by atoms with Crippen molar-refractivity contribution in [1.82, 2.24) is 15.2 Å². The van der Waals surface area contributed by atoms with Crippen LogP contribution in [0.15, 0.2) is 24.4 Å². The van der Waals surface area contributed by atoms with Crippen LogP contribution in [-0.2, 0) is 0 Å². The molecule has 0 atom stereocenters. The van der Waals surface area contributed by atoms with E-state index in [4.69, 9.17) is 23.2 Å². The topological polar surface area (TPSA) is 53.9 Å². The highest BCUT2D eigenvalue weighted by atomic mass is 35.5. The molecule has 0 unspecified atom stereocenters. The van der Waals surface area contributed by atoms with Gasteiger partial charge < -0.3 is 10.2 Å². The molecule has 0 bridgehead atoms. The summed E-state index contributed by atoms with van der Waals surface area (Å²) in [6, 6.07) is 5.37. The van der Waals surface area contributed by atoms with Gasteiger partial charge in [-0.2, -0.15) is 10.1 Å². The number of aromatic nitrogens is 3. The van der Waals surface area contributed by atoms with Crippen molar-refractivity contribution in [1.29, 1.82) is 0 Å². The van der Waals surface area contributed by atoms with Gasteiger partial charge in [0.2, 0.25) is 5.95 Å². The molecule has 0 radical (unpaired) electrons. The number of nitrogens with one attached hydrogen (secondary N) is 1. The van der Waals surface area contributed by atoms with E-state index in [-0.39, 0.29) is 0 Å². The van der Waals surface area contributed by atoms with Crippen molar-refractivity contribution < 1.29 is 0 Å². The second kappa shape index (κ2) is 6.72. The zero-order valence-electron chi connectivity index (χ0n) is 11.3. The summed E-state index contributed by atoms with van der Waals surface area (Å²) in [6.07, 6.45) is 1.55. The van der Waals surface area contributed by atoms with E-state index >= 15 is 0 Å². The Kier molecular flexibility index (Phi) is 4.98. The molecule has 5 nitrogen and oxygen atoms in total. The lowest BCUT2D eigenvalue weighted by Crippen LogP contribution is -2.24. The highest BCUT2D eigenvalue weighted by molar-refractivity contribution is 6.43. The molecule has 1 heterocycles. The van der Waals surface area contributed by atoms with Gasteiger partial charge in [-0.25, -0.2) is 0 Å². The molecule has 1 N–H and O–H groups in total. The predicted octanol–water partition coefficient (Wildman–Crippen LogP) is 3.77. The Morgan fingerprint density at radius 3 is 2.65 bits per heavy atom. The second-order valence-electron chi connectivity index (χ2n) is 4.04. The van der Waals surface area contributed by atoms with E-state index in [2.05, 4.69) is 20.5 Å². The quantitative estimate of drug-likeness (QED) is 0.911. The molecule has 0 fully saturated rings. The molecule has 0 saturated heterocycles. The van der Waals surface area contributed by atoms with Gasteiger partial charge in [0.25, 0.3) is 0 Å². The molecule has 20 heavy (non-hydrogen) atoms. The number of rotatable bonds is 5. The van der Waals surface area contributed by atoms with Gasteiger partial charge >= 0.3 is 0 Å². The van der Waals surface area contributed by atoms with Crippen LogP contribution in [0.25, 0.3) is 0 Å². The maximum absolute atomic E-state index is 6.13. The van der Waals surface area contributed by atoms with Gasteiger partial charge in [0, 0.05) is 13.1 Å². The van der Waals surface area contributed by atoms with Gasteiger partial charge in [0.05, 0.1) is 21.9 Å². The minimum absolute atomic E-state index is 0.456. The molecule has 1 aromatic carbocycles. The van der Waals surface area contributed by atoms with E-state index in [0.29, 0.717) is 27.5 Å². The second-order valence-corrected chi connectivity index (χ2v) is 4.83. The summed E-state index contributed by atoms with van der Waals surface area (Å²) in [5.41, 5.74) is 0.685. The maximum Gasteiger partial charge on any atom is 0.247 e. The minimum atomic E-state index is 0.456. The molecule has 0 saturated carbocycles. The molecule has 2 rings (SSSR count). The number of benzene rings is 1. The Hall–Kier alpha value is -1.59. The lowest BCUT2D eigenvalue weighted by molar-refractivity contribution is 0.796. The molecule has 7 heteroatoms. The summed E-state index contributed by atoms with van der Waals surface area (Å²) in [6.45, 7) is 5.72. The van der Waals surface area contributed by atoms with Crippen LogP contribution in [0, 0.1) is 0 Å². The number of halogens is 2. The minimum Gasteiger partial charge on any atom is -0.340 e. The summed E-state index contributed by atoms with van der Waals surface area (Å²) in [5.74, 6) is 1.16. The monoisotopic (exact) mass is 311 g/mol. The average Bonchev–Trinajstić information content (AvgIpc) is 2.46. The van der Waals surface area contributed by atoms with Crippen molar-refractivity contribution in [2.45, 2.75) is 13.8 Å². The van der Waals surface area contributed by atoms with Gasteiger partial charge in [-0.15, -0.1) is 5.10 Å². The summed E-state index contributed by atoms with van der Waals surface area (Å²) < 4.78 is 0. The molecule has 106 valence electrons. The largest absolute Gasteiger partial charge is 0.340 e. The number of anilines is 3. The van der Waals surface area contributed by atoms with Crippen molar-refractivity contribution in [3.63, 3.8) is 0 Å². The maximum atomic E-state index is 6.13. The SMILES string of the molecule is CCN(CC)c1nncc(Nc2cccc(Cl)c2Cl)n1. The lowest BCUT2D eigenvalue weighted by Gasteiger charge is -2.18. The first-order valence-corrected chi connectivity index (χ1v) is 7.07. The Morgan fingerprint density at radius 2 is 1.95 bits per heavy atom. The van der Waals surface area contributed by atoms with Crippen LogP contribution in [0.4, 0.5) is 17.5 Å². The Labute approximate surface area is 127 Å². The molecule has 2 aromatic rings. The molecule has 1 aromatic heterocycles. The molecular formula is C13H15Cl2N5. The van der Waals surface area contributed by atoms with Crippen molar-refractivity contribution in [3.05, 3.63) is 34.4 Å².